The lowest BCUT2D eigenvalue weighted by molar-refractivity contribution is 0.247. The van der Waals surface area contributed by atoms with Gasteiger partial charge in [0, 0.05) is 23.1 Å². The third kappa shape index (κ3) is 5.09. The van der Waals surface area contributed by atoms with Gasteiger partial charge in [-0.25, -0.2) is 4.79 Å². The van der Waals surface area contributed by atoms with Gasteiger partial charge in [-0.05, 0) is 34.0 Å². The van der Waals surface area contributed by atoms with Gasteiger partial charge in [-0.3, -0.25) is 5.32 Å². The fourth-order valence-electron chi connectivity index (χ4n) is 1.86. The maximum Gasteiger partial charge on any atom is 0.321 e. The zero-order chi connectivity index (χ0) is 15.9. The van der Waals surface area contributed by atoms with Crippen LogP contribution in [-0.4, -0.2) is 47.0 Å². The predicted molar refractivity (Wildman–Crippen MR) is 90.1 cm³/mol. The van der Waals surface area contributed by atoms with Crippen LogP contribution in [-0.2, 0) is 0 Å². The topological polar surface area (TPSA) is 70.2 Å². The zero-order valence-corrected chi connectivity index (χ0v) is 13.9. The molecule has 0 bridgehead atoms. The molecule has 0 spiro atoms. The van der Waals surface area contributed by atoms with Crippen LogP contribution in [0.2, 0.25) is 0 Å². The van der Waals surface area contributed by atoms with Gasteiger partial charge >= 0.3 is 6.03 Å². The minimum atomic E-state index is -0.248. The van der Waals surface area contributed by atoms with E-state index >= 15 is 0 Å². The van der Waals surface area contributed by atoms with Gasteiger partial charge in [0.2, 0.25) is 5.13 Å². The average molecular weight is 319 g/mol. The Hall–Kier alpha value is -1.99. The van der Waals surface area contributed by atoms with Gasteiger partial charge in [-0.2, -0.15) is 9.36 Å². The molecular weight excluding hydrogens is 298 g/mol. The van der Waals surface area contributed by atoms with Crippen molar-refractivity contribution in [1.82, 2.24) is 19.6 Å². The molecule has 0 aliphatic heterocycles. The van der Waals surface area contributed by atoms with Crippen LogP contribution in [0.1, 0.15) is 13.3 Å². The van der Waals surface area contributed by atoms with Crippen LogP contribution < -0.4 is 10.6 Å². The van der Waals surface area contributed by atoms with Crippen LogP contribution in [0.4, 0.5) is 9.93 Å². The Labute approximate surface area is 134 Å². The summed E-state index contributed by atoms with van der Waals surface area (Å²) in [6.45, 7) is 2.91. The molecule has 22 heavy (non-hydrogen) atoms. The van der Waals surface area contributed by atoms with Crippen molar-refractivity contribution < 1.29 is 4.79 Å². The number of amides is 2. The van der Waals surface area contributed by atoms with Crippen LogP contribution in [0.5, 0.6) is 0 Å². The Kier molecular flexibility index (Phi) is 5.85. The van der Waals surface area contributed by atoms with Gasteiger partial charge < -0.3 is 10.2 Å². The standard InChI is InChI=1S/C15H21N5OS/c1-11(9-10-20(2)3)16-14(21)18-15-17-13(19-22-15)12-7-5-4-6-8-12/h4-8,11H,9-10H2,1-3H3,(H2,16,17,18,19,21). The molecule has 1 atom stereocenters. The van der Waals surface area contributed by atoms with E-state index in [1.807, 2.05) is 51.4 Å². The molecule has 6 nitrogen and oxygen atoms in total. The fraction of sp³-hybridized carbons (Fsp3) is 0.400. The molecule has 0 fully saturated rings. The van der Waals surface area contributed by atoms with Crippen molar-refractivity contribution in [2.45, 2.75) is 19.4 Å². The van der Waals surface area contributed by atoms with Crippen LogP contribution in [0.25, 0.3) is 11.4 Å². The van der Waals surface area contributed by atoms with Gasteiger partial charge in [0.1, 0.15) is 0 Å². The first-order valence-corrected chi connectivity index (χ1v) is 7.93. The predicted octanol–water partition coefficient (Wildman–Crippen LogP) is 2.67. The molecule has 118 valence electrons. The monoisotopic (exact) mass is 319 g/mol. The van der Waals surface area contributed by atoms with Crippen molar-refractivity contribution >= 4 is 22.7 Å². The number of hydrogen-bond acceptors (Lipinski definition) is 5. The maximum absolute atomic E-state index is 11.9. The number of nitrogens with one attached hydrogen (secondary N) is 2. The highest BCUT2D eigenvalue weighted by Gasteiger charge is 2.11. The van der Waals surface area contributed by atoms with Crippen molar-refractivity contribution in [1.29, 1.82) is 0 Å². The van der Waals surface area contributed by atoms with Gasteiger partial charge in [0.05, 0.1) is 0 Å². The summed E-state index contributed by atoms with van der Waals surface area (Å²) in [5.74, 6) is 0.626. The van der Waals surface area contributed by atoms with Gasteiger partial charge in [0.25, 0.3) is 0 Å². The van der Waals surface area contributed by atoms with Crippen LogP contribution in [0.3, 0.4) is 0 Å². The van der Waals surface area contributed by atoms with Gasteiger partial charge in [-0.1, -0.05) is 30.3 Å². The molecule has 0 radical (unpaired) electrons. The number of nitrogens with zero attached hydrogens (tertiary/aromatic N) is 3. The number of carbonyl (C=O) groups is 1. The van der Waals surface area contributed by atoms with E-state index in [0.29, 0.717) is 11.0 Å². The summed E-state index contributed by atoms with van der Waals surface area (Å²) >= 11 is 1.18. The first-order valence-electron chi connectivity index (χ1n) is 7.16. The summed E-state index contributed by atoms with van der Waals surface area (Å²) in [6, 6.07) is 9.54. The number of anilines is 1. The van der Waals surface area contributed by atoms with Crippen molar-refractivity contribution in [2.24, 2.45) is 0 Å². The normalized spacial score (nSPS) is 12.2. The number of hydrogen-bond donors (Lipinski definition) is 2. The quantitative estimate of drug-likeness (QED) is 0.859. The molecule has 7 heteroatoms. The summed E-state index contributed by atoms with van der Waals surface area (Å²) in [5.41, 5.74) is 0.937. The van der Waals surface area contributed by atoms with Crippen LogP contribution in [0, 0.1) is 0 Å². The molecule has 0 saturated heterocycles. The lowest BCUT2D eigenvalue weighted by atomic mass is 10.2. The molecule has 2 aromatic rings. The van der Waals surface area contributed by atoms with Crippen LogP contribution >= 0.6 is 11.5 Å². The summed E-state index contributed by atoms with van der Waals surface area (Å²) in [7, 11) is 4.03. The van der Waals surface area contributed by atoms with E-state index in [1.165, 1.54) is 11.5 Å². The number of rotatable bonds is 6. The Bertz CT molecular complexity index is 599. The van der Waals surface area contributed by atoms with Crippen molar-refractivity contribution in [3.63, 3.8) is 0 Å². The molecule has 2 rings (SSSR count). The third-order valence-electron chi connectivity index (χ3n) is 3.07. The maximum atomic E-state index is 11.9. The second-order valence-corrected chi connectivity index (χ2v) is 6.13. The Morgan fingerprint density at radius 3 is 2.73 bits per heavy atom. The number of aromatic nitrogens is 2. The summed E-state index contributed by atoms with van der Waals surface area (Å²) < 4.78 is 4.26. The molecule has 1 aromatic heterocycles. The highest BCUT2D eigenvalue weighted by atomic mass is 32.1. The lowest BCUT2D eigenvalue weighted by Gasteiger charge is -2.16. The summed E-state index contributed by atoms with van der Waals surface area (Å²) in [5, 5.41) is 6.12. The number of urea groups is 1. The van der Waals surface area contributed by atoms with E-state index in [0.717, 1.165) is 18.5 Å². The van der Waals surface area contributed by atoms with Crippen LogP contribution in [0.15, 0.2) is 30.3 Å². The second-order valence-electron chi connectivity index (χ2n) is 5.38. The van der Waals surface area contributed by atoms with Gasteiger partial charge in [-0.15, -0.1) is 0 Å². The first-order chi connectivity index (χ1) is 10.5. The average Bonchev–Trinajstić information content (AvgIpc) is 2.94. The van der Waals surface area contributed by atoms with E-state index in [9.17, 15) is 4.79 Å². The van der Waals surface area contributed by atoms with Crippen molar-refractivity contribution in [2.75, 3.05) is 26.0 Å². The number of carbonyl (C=O) groups excluding carboxylic acids is 1. The lowest BCUT2D eigenvalue weighted by Crippen LogP contribution is -2.37. The molecule has 2 N–H and O–H groups in total. The molecule has 1 aromatic carbocycles. The summed E-state index contributed by atoms with van der Waals surface area (Å²) in [4.78, 5) is 18.3. The molecule has 0 aliphatic rings. The van der Waals surface area contributed by atoms with E-state index in [4.69, 9.17) is 0 Å². The second kappa shape index (κ2) is 7.86. The fourth-order valence-corrected chi connectivity index (χ4v) is 2.44. The molecule has 0 saturated carbocycles. The zero-order valence-electron chi connectivity index (χ0n) is 13.0. The third-order valence-corrected chi connectivity index (χ3v) is 3.70. The van der Waals surface area contributed by atoms with Gasteiger partial charge in [0.15, 0.2) is 5.82 Å². The largest absolute Gasteiger partial charge is 0.335 e. The highest BCUT2D eigenvalue weighted by Crippen LogP contribution is 2.20. The van der Waals surface area contributed by atoms with E-state index < -0.39 is 0 Å². The molecule has 0 aliphatic carbocycles. The van der Waals surface area contributed by atoms with E-state index in [1.54, 1.807) is 0 Å². The Morgan fingerprint density at radius 2 is 2.05 bits per heavy atom. The Morgan fingerprint density at radius 1 is 1.32 bits per heavy atom. The smallest absolute Gasteiger partial charge is 0.321 e. The molecule has 1 unspecified atom stereocenters. The SMILES string of the molecule is CC(CCN(C)C)NC(=O)Nc1nc(-c2ccccc2)ns1. The first kappa shape index (κ1) is 16.4. The minimum absolute atomic E-state index is 0.101. The minimum Gasteiger partial charge on any atom is -0.335 e. The molecular formula is C15H21N5OS. The Balaban J connectivity index is 1.86. The molecule has 1 heterocycles. The number of benzene rings is 1. The van der Waals surface area contributed by atoms with Crippen molar-refractivity contribution in [3.8, 4) is 11.4 Å². The summed E-state index contributed by atoms with van der Waals surface area (Å²) in [6.07, 6.45) is 0.895. The highest BCUT2D eigenvalue weighted by molar-refractivity contribution is 7.10. The molecule has 2 amide bonds. The van der Waals surface area contributed by atoms with E-state index in [-0.39, 0.29) is 12.1 Å². The van der Waals surface area contributed by atoms with Crippen molar-refractivity contribution in [3.05, 3.63) is 30.3 Å². The van der Waals surface area contributed by atoms with E-state index in [2.05, 4.69) is 24.9 Å².